The van der Waals surface area contributed by atoms with E-state index in [2.05, 4.69) is 26.1 Å². The zero-order chi connectivity index (χ0) is 15.4. The maximum absolute atomic E-state index is 12.1. The number of nitrogens with one attached hydrogen (secondary N) is 1. The number of rotatable bonds is 4. The van der Waals surface area contributed by atoms with Crippen LogP contribution < -0.4 is 11.1 Å². The predicted octanol–water partition coefficient (Wildman–Crippen LogP) is 2.06. The molecule has 0 saturated carbocycles. The summed E-state index contributed by atoms with van der Waals surface area (Å²) in [5, 5.41) is 12.5. The molecule has 0 aromatic heterocycles. The summed E-state index contributed by atoms with van der Waals surface area (Å²) in [7, 11) is 0. The minimum absolute atomic E-state index is 0.0315. The number of nitrogens with zero attached hydrogens (tertiary/aromatic N) is 1. The number of aliphatic hydroxyl groups is 1. The number of nitrogens with two attached hydrogens (primary N) is 1. The molecule has 0 radical (unpaired) electrons. The van der Waals surface area contributed by atoms with E-state index in [-0.39, 0.29) is 12.0 Å². The fourth-order valence-electron chi connectivity index (χ4n) is 2.62. The largest absolute Gasteiger partial charge is 0.399 e. The molecule has 1 aliphatic rings. The molecule has 4 N–H and O–H groups in total. The van der Waals surface area contributed by atoms with Crippen molar-refractivity contribution in [3.05, 3.63) is 22.7 Å². The number of carbonyl (C=O) groups excluding carboxylic acids is 1. The Hall–Kier alpha value is -1.11. The van der Waals surface area contributed by atoms with Gasteiger partial charge in [-0.05, 0) is 72.9 Å². The Morgan fingerprint density at radius 2 is 2.19 bits per heavy atom. The summed E-state index contributed by atoms with van der Waals surface area (Å²) in [5.41, 5.74) is 7.06. The molecule has 1 aromatic carbocycles. The lowest BCUT2D eigenvalue weighted by Gasteiger charge is -2.32. The number of hydrogen-bond acceptors (Lipinski definition) is 4. The van der Waals surface area contributed by atoms with Crippen molar-refractivity contribution in [2.45, 2.75) is 25.9 Å². The minimum atomic E-state index is -0.258. The Morgan fingerprint density at radius 3 is 2.76 bits per heavy atom. The molecule has 1 saturated heterocycles. The van der Waals surface area contributed by atoms with E-state index in [4.69, 9.17) is 5.73 Å². The van der Waals surface area contributed by atoms with Gasteiger partial charge in [-0.2, -0.15) is 0 Å². The zero-order valence-corrected chi connectivity index (χ0v) is 13.8. The van der Waals surface area contributed by atoms with Crippen molar-refractivity contribution in [3.63, 3.8) is 0 Å². The van der Waals surface area contributed by atoms with E-state index in [1.165, 1.54) is 0 Å². The molecule has 1 atom stereocenters. The van der Waals surface area contributed by atoms with Crippen LogP contribution in [0.4, 0.5) is 11.4 Å². The highest BCUT2D eigenvalue weighted by atomic mass is 79.9. The van der Waals surface area contributed by atoms with Crippen LogP contribution in [0.2, 0.25) is 0 Å². The second-order valence-corrected chi connectivity index (χ2v) is 6.50. The highest BCUT2D eigenvalue weighted by Crippen LogP contribution is 2.25. The van der Waals surface area contributed by atoms with Crippen molar-refractivity contribution in [1.82, 2.24) is 4.90 Å². The van der Waals surface area contributed by atoms with Crippen LogP contribution in [0.1, 0.15) is 19.8 Å². The van der Waals surface area contributed by atoms with Gasteiger partial charge in [-0.1, -0.05) is 0 Å². The maximum atomic E-state index is 12.1. The summed E-state index contributed by atoms with van der Waals surface area (Å²) in [6.07, 6.45) is 1.62. The number of nitrogen functional groups attached to an aromatic ring is 1. The van der Waals surface area contributed by atoms with Gasteiger partial charge in [-0.25, -0.2) is 0 Å². The van der Waals surface area contributed by atoms with Crippen LogP contribution in [0.15, 0.2) is 22.7 Å². The number of carbonyl (C=O) groups is 1. The standard InChI is InChI=1S/C15H22BrN3O2/c1-10(20)11-4-6-19(7-5-11)9-15(21)18-14-3-2-12(17)8-13(14)16/h2-3,8,10-11,20H,4-7,9,17H2,1H3,(H,18,21). The Kier molecular flexibility index (Phi) is 5.61. The van der Waals surface area contributed by atoms with Gasteiger partial charge in [0.25, 0.3) is 0 Å². The third kappa shape index (κ3) is 4.69. The van der Waals surface area contributed by atoms with Gasteiger partial charge in [0.2, 0.25) is 5.91 Å². The lowest BCUT2D eigenvalue weighted by molar-refractivity contribution is -0.117. The number of benzene rings is 1. The summed E-state index contributed by atoms with van der Waals surface area (Å²) in [4.78, 5) is 14.2. The summed E-state index contributed by atoms with van der Waals surface area (Å²) >= 11 is 3.39. The normalized spacial score (nSPS) is 18.4. The first kappa shape index (κ1) is 16.3. The minimum Gasteiger partial charge on any atom is -0.399 e. The van der Waals surface area contributed by atoms with Crippen molar-refractivity contribution >= 4 is 33.2 Å². The smallest absolute Gasteiger partial charge is 0.238 e. The molecule has 1 aromatic rings. The molecular weight excluding hydrogens is 334 g/mol. The molecular formula is C15H22BrN3O2. The van der Waals surface area contributed by atoms with Gasteiger partial charge < -0.3 is 16.2 Å². The summed E-state index contributed by atoms with van der Waals surface area (Å²) < 4.78 is 0.781. The highest BCUT2D eigenvalue weighted by Gasteiger charge is 2.23. The van der Waals surface area contributed by atoms with Gasteiger partial charge in [-0.15, -0.1) is 0 Å². The molecule has 0 spiro atoms. The second-order valence-electron chi connectivity index (χ2n) is 5.64. The number of likely N-dealkylation sites (tertiary alicyclic amines) is 1. The fourth-order valence-corrected chi connectivity index (χ4v) is 3.11. The van der Waals surface area contributed by atoms with Crippen LogP contribution in [0, 0.1) is 5.92 Å². The first-order chi connectivity index (χ1) is 9.95. The second kappa shape index (κ2) is 7.24. The number of hydrogen-bond donors (Lipinski definition) is 3. The molecule has 6 heteroatoms. The predicted molar refractivity (Wildman–Crippen MR) is 88.0 cm³/mol. The average Bonchev–Trinajstić information content (AvgIpc) is 2.42. The molecule has 1 fully saturated rings. The van der Waals surface area contributed by atoms with E-state index in [9.17, 15) is 9.90 Å². The first-order valence-electron chi connectivity index (χ1n) is 7.21. The van der Waals surface area contributed by atoms with Gasteiger partial charge in [0.15, 0.2) is 0 Å². The highest BCUT2D eigenvalue weighted by molar-refractivity contribution is 9.10. The fraction of sp³-hybridized carbons (Fsp3) is 0.533. The number of aliphatic hydroxyl groups excluding tert-OH is 1. The van der Waals surface area contributed by atoms with E-state index in [1.54, 1.807) is 18.2 Å². The lowest BCUT2D eigenvalue weighted by Crippen LogP contribution is -2.41. The Morgan fingerprint density at radius 1 is 1.52 bits per heavy atom. The SMILES string of the molecule is CC(O)C1CCN(CC(=O)Nc2ccc(N)cc2Br)CC1. The number of anilines is 2. The van der Waals surface area contributed by atoms with E-state index in [0.29, 0.717) is 18.2 Å². The Bertz CT molecular complexity index is 500. The van der Waals surface area contributed by atoms with Crippen molar-refractivity contribution in [1.29, 1.82) is 0 Å². The van der Waals surface area contributed by atoms with Crippen molar-refractivity contribution < 1.29 is 9.90 Å². The van der Waals surface area contributed by atoms with Crippen LogP contribution >= 0.6 is 15.9 Å². The van der Waals surface area contributed by atoms with Gasteiger partial charge >= 0.3 is 0 Å². The third-order valence-electron chi connectivity index (χ3n) is 3.95. The number of piperidine rings is 1. The number of halogens is 1. The van der Waals surface area contributed by atoms with Crippen LogP contribution in [-0.4, -0.2) is 41.7 Å². The van der Waals surface area contributed by atoms with E-state index < -0.39 is 0 Å². The number of amides is 1. The third-order valence-corrected chi connectivity index (χ3v) is 4.60. The molecule has 21 heavy (non-hydrogen) atoms. The molecule has 2 rings (SSSR count). The monoisotopic (exact) mass is 355 g/mol. The summed E-state index contributed by atoms with van der Waals surface area (Å²) in [6.45, 7) is 3.92. The van der Waals surface area contributed by atoms with Crippen molar-refractivity contribution in [2.24, 2.45) is 5.92 Å². The van der Waals surface area contributed by atoms with E-state index >= 15 is 0 Å². The van der Waals surface area contributed by atoms with Crippen LogP contribution in [0.25, 0.3) is 0 Å². The Labute approximate surface area is 133 Å². The molecule has 5 nitrogen and oxygen atoms in total. The molecule has 1 unspecified atom stereocenters. The molecule has 0 bridgehead atoms. The Balaban J connectivity index is 1.83. The summed E-state index contributed by atoms with van der Waals surface area (Å²) in [5.74, 6) is 0.325. The lowest BCUT2D eigenvalue weighted by atomic mass is 9.92. The van der Waals surface area contributed by atoms with Gasteiger partial charge in [0.05, 0.1) is 18.3 Å². The topological polar surface area (TPSA) is 78.6 Å². The average molecular weight is 356 g/mol. The first-order valence-corrected chi connectivity index (χ1v) is 8.00. The zero-order valence-electron chi connectivity index (χ0n) is 12.2. The molecule has 1 amide bonds. The molecule has 0 aliphatic carbocycles. The van der Waals surface area contributed by atoms with E-state index in [0.717, 1.165) is 36.1 Å². The molecule has 116 valence electrons. The quantitative estimate of drug-likeness (QED) is 0.722. The molecule has 1 aliphatic heterocycles. The summed E-state index contributed by atoms with van der Waals surface area (Å²) in [6, 6.07) is 5.31. The molecule has 1 heterocycles. The van der Waals surface area contributed by atoms with E-state index in [1.807, 2.05) is 6.92 Å². The van der Waals surface area contributed by atoms with Gasteiger partial charge in [-0.3, -0.25) is 9.69 Å². The van der Waals surface area contributed by atoms with Crippen LogP contribution in [0.3, 0.4) is 0 Å². The van der Waals surface area contributed by atoms with Crippen molar-refractivity contribution in [2.75, 3.05) is 30.7 Å². The van der Waals surface area contributed by atoms with Gasteiger partial charge in [0.1, 0.15) is 0 Å². The van der Waals surface area contributed by atoms with Gasteiger partial charge in [0, 0.05) is 10.2 Å². The van der Waals surface area contributed by atoms with Crippen molar-refractivity contribution in [3.8, 4) is 0 Å². The van der Waals surface area contributed by atoms with Crippen LogP contribution in [-0.2, 0) is 4.79 Å². The van der Waals surface area contributed by atoms with Crippen LogP contribution in [0.5, 0.6) is 0 Å². The maximum Gasteiger partial charge on any atom is 0.238 e.